The highest BCUT2D eigenvalue weighted by Gasteiger charge is 2.14. The minimum absolute atomic E-state index is 0.155. The standard InChI is InChI=1S/C25H29F2N2O4P/c26-22-10-4-3-9-19(22)8-2-1-5-13-29-24-17-23(27)20(16-21(24)25-11-6-14-32-25)18-28-12-7-15-33-34(30)31/h3-4,6,9-11,14,16-17,28-29H,1-2,5,7-8,12-13,15,18H2/p+1. The zero-order valence-electron chi connectivity index (χ0n) is 18.9. The Morgan fingerprint density at radius 1 is 0.941 bits per heavy atom. The lowest BCUT2D eigenvalue weighted by atomic mass is 10.0. The first-order valence-corrected chi connectivity index (χ1v) is 12.5. The van der Waals surface area contributed by atoms with E-state index >= 15 is 0 Å². The van der Waals surface area contributed by atoms with Gasteiger partial charge in [0, 0.05) is 34.5 Å². The number of hydrogen-bond donors (Lipinski definition) is 3. The molecule has 0 aliphatic rings. The molecule has 1 heterocycles. The van der Waals surface area contributed by atoms with Crippen LogP contribution in [0, 0.1) is 11.6 Å². The van der Waals surface area contributed by atoms with Gasteiger partial charge in [-0.15, -0.1) is 9.42 Å². The van der Waals surface area contributed by atoms with E-state index in [1.54, 1.807) is 24.5 Å². The summed E-state index contributed by atoms with van der Waals surface area (Å²) in [7, 11) is -2.59. The van der Waals surface area contributed by atoms with Crippen molar-refractivity contribution in [1.82, 2.24) is 5.32 Å². The van der Waals surface area contributed by atoms with Gasteiger partial charge in [0.15, 0.2) is 0 Å². The van der Waals surface area contributed by atoms with Crippen molar-refractivity contribution < 1.29 is 27.2 Å². The van der Waals surface area contributed by atoms with Crippen LogP contribution in [0.1, 0.15) is 36.8 Å². The topological polar surface area (TPSA) is 83.7 Å². The maximum atomic E-state index is 14.8. The van der Waals surface area contributed by atoms with Gasteiger partial charge in [0.05, 0.1) is 6.26 Å². The van der Waals surface area contributed by atoms with Gasteiger partial charge in [-0.3, -0.25) is 0 Å². The molecule has 2 aromatic carbocycles. The summed E-state index contributed by atoms with van der Waals surface area (Å²) in [6, 6.07) is 13.7. The number of furan rings is 1. The Bertz CT molecular complexity index is 1050. The monoisotopic (exact) mass is 491 g/mol. The molecule has 3 N–H and O–H groups in total. The number of unbranched alkanes of at least 4 members (excludes halogenated alkanes) is 2. The van der Waals surface area contributed by atoms with Crippen molar-refractivity contribution in [3.63, 3.8) is 0 Å². The van der Waals surface area contributed by atoms with Crippen molar-refractivity contribution in [2.45, 2.75) is 38.6 Å². The second-order valence-electron chi connectivity index (χ2n) is 7.90. The number of halogens is 2. The summed E-state index contributed by atoms with van der Waals surface area (Å²) >= 11 is 0. The summed E-state index contributed by atoms with van der Waals surface area (Å²) in [6.07, 6.45) is 5.49. The van der Waals surface area contributed by atoms with E-state index in [4.69, 9.17) is 9.31 Å². The third kappa shape index (κ3) is 8.29. The number of nitrogens with one attached hydrogen (secondary N) is 2. The van der Waals surface area contributed by atoms with E-state index < -0.39 is 8.25 Å². The molecule has 1 unspecified atom stereocenters. The van der Waals surface area contributed by atoms with Gasteiger partial charge in [0.1, 0.15) is 24.0 Å². The fraction of sp³-hybridized carbons (Fsp3) is 0.360. The Balaban J connectivity index is 1.51. The van der Waals surface area contributed by atoms with Gasteiger partial charge in [-0.05, 0) is 68.1 Å². The van der Waals surface area contributed by atoms with E-state index in [9.17, 15) is 13.3 Å². The second-order valence-corrected chi connectivity index (χ2v) is 8.63. The normalized spacial score (nSPS) is 11.6. The third-order valence-electron chi connectivity index (χ3n) is 5.38. The Morgan fingerprint density at radius 3 is 2.56 bits per heavy atom. The van der Waals surface area contributed by atoms with E-state index in [2.05, 4.69) is 15.2 Å². The van der Waals surface area contributed by atoms with Gasteiger partial charge in [0.25, 0.3) is 0 Å². The van der Waals surface area contributed by atoms with Gasteiger partial charge >= 0.3 is 8.25 Å². The van der Waals surface area contributed by atoms with E-state index in [0.717, 1.165) is 30.4 Å². The maximum absolute atomic E-state index is 14.8. The molecule has 6 nitrogen and oxygen atoms in total. The summed E-state index contributed by atoms with van der Waals surface area (Å²) in [4.78, 5) is 8.62. The minimum atomic E-state index is -2.59. The predicted molar refractivity (Wildman–Crippen MR) is 129 cm³/mol. The molecule has 0 saturated carbocycles. The Morgan fingerprint density at radius 2 is 1.79 bits per heavy atom. The number of anilines is 1. The SMILES string of the molecule is O=[P+](O)OCCCNCc1cc(-c2ccco2)c(NCCCCCc2ccccc2F)cc1F. The van der Waals surface area contributed by atoms with Crippen molar-refractivity contribution >= 4 is 13.9 Å². The van der Waals surface area contributed by atoms with Crippen LogP contribution in [0.2, 0.25) is 0 Å². The van der Waals surface area contributed by atoms with E-state index in [-0.39, 0.29) is 18.2 Å². The average Bonchev–Trinajstić information content (AvgIpc) is 3.35. The van der Waals surface area contributed by atoms with Gasteiger partial charge < -0.3 is 15.1 Å². The Labute approximate surface area is 199 Å². The smallest absolute Gasteiger partial charge is 0.464 e. The van der Waals surface area contributed by atoms with Gasteiger partial charge in [-0.2, -0.15) is 0 Å². The molecule has 0 bridgehead atoms. The molecule has 1 aromatic heterocycles. The fourth-order valence-corrected chi connectivity index (χ4v) is 3.93. The van der Waals surface area contributed by atoms with Gasteiger partial charge in [0.2, 0.25) is 0 Å². The van der Waals surface area contributed by atoms with Crippen molar-refractivity contribution in [1.29, 1.82) is 0 Å². The number of aryl methyl sites for hydroxylation is 1. The highest BCUT2D eigenvalue weighted by Crippen LogP contribution is 2.31. The number of hydrogen-bond acceptors (Lipinski definition) is 5. The lowest BCUT2D eigenvalue weighted by Gasteiger charge is -2.14. The molecule has 0 saturated heterocycles. The third-order valence-corrected chi connectivity index (χ3v) is 5.79. The lowest BCUT2D eigenvalue weighted by molar-refractivity contribution is 0.276. The average molecular weight is 491 g/mol. The molecular formula is C25H30F2N2O4P+. The molecule has 0 fully saturated rings. The molecule has 0 aliphatic carbocycles. The van der Waals surface area contributed by atoms with E-state index in [1.165, 1.54) is 12.1 Å². The first-order valence-electron chi connectivity index (χ1n) is 11.4. The van der Waals surface area contributed by atoms with E-state index in [0.29, 0.717) is 49.5 Å². The second kappa shape index (κ2) is 13.9. The molecule has 3 aromatic rings. The summed E-state index contributed by atoms with van der Waals surface area (Å²) in [6.45, 7) is 1.64. The van der Waals surface area contributed by atoms with Crippen molar-refractivity contribution in [3.8, 4) is 11.3 Å². The number of rotatable bonds is 15. The Kier molecular flexibility index (Phi) is 10.6. The zero-order valence-corrected chi connectivity index (χ0v) is 19.8. The predicted octanol–water partition coefficient (Wildman–Crippen LogP) is 6.20. The molecule has 0 amide bonds. The number of benzene rings is 2. The van der Waals surface area contributed by atoms with Crippen LogP contribution in [-0.2, 0) is 22.1 Å². The van der Waals surface area contributed by atoms with Crippen LogP contribution in [0.4, 0.5) is 14.5 Å². The summed E-state index contributed by atoms with van der Waals surface area (Å²) < 4.78 is 49.1. The van der Waals surface area contributed by atoms with Crippen molar-refractivity contribution in [3.05, 3.63) is 77.6 Å². The zero-order chi connectivity index (χ0) is 24.2. The summed E-state index contributed by atoms with van der Waals surface area (Å²) in [5.74, 6) is 0.145. The molecule has 182 valence electrons. The molecule has 1 atom stereocenters. The molecule has 0 radical (unpaired) electrons. The molecule has 0 aliphatic heterocycles. The van der Waals surface area contributed by atoms with Crippen LogP contribution in [0.3, 0.4) is 0 Å². The highest BCUT2D eigenvalue weighted by atomic mass is 31.1. The molecule has 34 heavy (non-hydrogen) atoms. The minimum Gasteiger partial charge on any atom is -0.464 e. The van der Waals surface area contributed by atoms with Crippen LogP contribution in [0.15, 0.2) is 59.2 Å². The molecule has 9 heteroatoms. The molecule has 3 rings (SSSR count). The maximum Gasteiger partial charge on any atom is 0.694 e. The molecule has 0 spiro atoms. The quantitative estimate of drug-likeness (QED) is 0.174. The first kappa shape index (κ1) is 26.0. The Hall–Kier alpha value is -2.64. The van der Waals surface area contributed by atoms with Crippen LogP contribution in [0.25, 0.3) is 11.3 Å². The lowest BCUT2D eigenvalue weighted by Crippen LogP contribution is -2.17. The largest absolute Gasteiger partial charge is 0.694 e. The van der Waals surface area contributed by atoms with Crippen molar-refractivity contribution in [2.24, 2.45) is 0 Å². The van der Waals surface area contributed by atoms with Crippen LogP contribution >= 0.6 is 8.25 Å². The van der Waals surface area contributed by atoms with Crippen LogP contribution in [0.5, 0.6) is 0 Å². The van der Waals surface area contributed by atoms with Gasteiger partial charge in [-0.25, -0.2) is 8.78 Å². The first-order chi connectivity index (χ1) is 16.5. The van der Waals surface area contributed by atoms with Crippen LogP contribution in [-0.4, -0.2) is 24.6 Å². The summed E-state index contributed by atoms with van der Waals surface area (Å²) in [5, 5.41) is 6.43. The summed E-state index contributed by atoms with van der Waals surface area (Å²) in [5.41, 5.74) is 2.66. The van der Waals surface area contributed by atoms with Crippen LogP contribution < -0.4 is 10.6 Å². The molecular weight excluding hydrogens is 461 g/mol. The highest BCUT2D eigenvalue weighted by molar-refractivity contribution is 7.32. The van der Waals surface area contributed by atoms with E-state index in [1.807, 2.05) is 18.2 Å². The van der Waals surface area contributed by atoms with Gasteiger partial charge in [-0.1, -0.05) is 24.6 Å². The van der Waals surface area contributed by atoms with Crippen molar-refractivity contribution in [2.75, 3.05) is 25.0 Å². The fourth-order valence-electron chi connectivity index (χ4n) is 3.64.